The van der Waals surface area contributed by atoms with Crippen LogP contribution in [0.5, 0.6) is 0 Å². The van der Waals surface area contributed by atoms with Crippen molar-refractivity contribution in [2.75, 3.05) is 5.32 Å². The van der Waals surface area contributed by atoms with E-state index in [0.717, 1.165) is 46.9 Å². The van der Waals surface area contributed by atoms with Crippen molar-refractivity contribution in [3.05, 3.63) is 64.7 Å². The van der Waals surface area contributed by atoms with Crippen molar-refractivity contribution in [3.8, 4) is 0 Å². The zero-order valence-electron chi connectivity index (χ0n) is 15.9. The number of halogens is 1. The third kappa shape index (κ3) is 3.45. The van der Waals surface area contributed by atoms with Crippen molar-refractivity contribution >= 4 is 45.3 Å². The van der Waals surface area contributed by atoms with Crippen LogP contribution < -0.4 is 5.32 Å². The monoisotopic (exact) mass is 392 g/mol. The molecule has 2 aromatic heterocycles. The highest BCUT2D eigenvalue weighted by molar-refractivity contribution is 6.31. The van der Waals surface area contributed by atoms with Gasteiger partial charge in [0.05, 0.1) is 10.9 Å². The molecule has 2 aromatic carbocycles. The SMILES string of the molecule is CCCCn1nc(NC(=O)c2cccc(Cl)c2)c2cc3cccc(C)c3nc21. The molecule has 0 bridgehead atoms. The lowest BCUT2D eigenvalue weighted by molar-refractivity contribution is 0.102. The summed E-state index contributed by atoms with van der Waals surface area (Å²) in [6, 6.07) is 15.0. The molecule has 28 heavy (non-hydrogen) atoms. The number of carbonyl (C=O) groups is 1. The number of benzene rings is 2. The van der Waals surface area contributed by atoms with Crippen molar-refractivity contribution in [2.24, 2.45) is 0 Å². The molecule has 4 rings (SSSR count). The van der Waals surface area contributed by atoms with Crippen LogP contribution in [0.2, 0.25) is 5.02 Å². The normalized spacial score (nSPS) is 11.2. The predicted octanol–water partition coefficient (Wildman–Crippen LogP) is 5.60. The Hall–Kier alpha value is -2.92. The van der Waals surface area contributed by atoms with Gasteiger partial charge < -0.3 is 5.32 Å². The van der Waals surface area contributed by atoms with Gasteiger partial charge in [0.25, 0.3) is 5.91 Å². The molecule has 2 heterocycles. The third-order valence-electron chi connectivity index (χ3n) is 4.79. The average Bonchev–Trinajstić information content (AvgIpc) is 3.02. The Balaban J connectivity index is 1.81. The Kier molecular flexibility index (Phi) is 5.01. The van der Waals surface area contributed by atoms with Crippen LogP contribution in [-0.2, 0) is 6.54 Å². The van der Waals surface area contributed by atoms with Crippen LogP contribution >= 0.6 is 11.6 Å². The summed E-state index contributed by atoms with van der Waals surface area (Å²) >= 11 is 6.02. The molecule has 6 heteroatoms. The molecule has 142 valence electrons. The number of carbonyl (C=O) groups excluding carboxylic acids is 1. The minimum Gasteiger partial charge on any atom is -0.305 e. The van der Waals surface area contributed by atoms with E-state index in [4.69, 9.17) is 16.6 Å². The van der Waals surface area contributed by atoms with Gasteiger partial charge in [0.1, 0.15) is 0 Å². The first kappa shape index (κ1) is 18.4. The van der Waals surface area contributed by atoms with Gasteiger partial charge in [-0.3, -0.25) is 4.79 Å². The topological polar surface area (TPSA) is 59.8 Å². The van der Waals surface area contributed by atoms with Gasteiger partial charge >= 0.3 is 0 Å². The lowest BCUT2D eigenvalue weighted by Crippen LogP contribution is -2.13. The van der Waals surface area contributed by atoms with Gasteiger partial charge in [0, 0.05) is 22.5 Å². The molecule has 0 saturated heterocycles. The number of nitrogens with one attached hydrogen (secondary N) is 1. The van der Waals surface area contributed by atoms with E-state index in [-0.39, 0.29) is 5.91 Å². The Morgan fingerprint density at radius 3 is 2.79 bits per heavy atom. The molecule has 0 saturated carbocycles. The lowest BCUT2D eigenvalue weighted by atomic mass is 10.1. The summed E-state index contributed by atoms with van der Waals surface area (Å²) in [6.45, 7) is 4.95. The van der Waals surface area contributed by atoms with Crippen LogP contribution in [0.1, 0.15) is 35.7 Å². The molecule has 1 N–H and O–H groups in total. The second-order valence-electron chi connectivity index (χ2n) is 6.90. The van der Waals surface area contributed by atoms with Crippen LogP contribution in [0.4, 0.5) is 5.82 Å². The first-order valence-corrected chi connectivity index (χ1v) is 9.78. The number of pyridine rings is 1. The number of aryl methyl sites for hydroxylation is 2. The van der Waals surface area contributed by atoms with E-state index in [1.165, 1.54) is 0 Å². The maximum atomic E-state index is 12.7. The predicted molar refractivity (Wildman–Crippen MR) is 114 cm³/mol. The van der Waals surface area contributed by atoms with Gasteiger partial charge in [0.15, 0.2) is 11.5 Å². The molecule has 0 aliphatic heterocycles. The molecule has 0 spiro atoms. The number of amides is 1. The first-order valence-electron chi connectivity index (χ1n) is 9.40. The smallest absolute Gasteiger partial charge is 0.256 e. The molecule has 0 aliphatic carbocycles. The average molecular weight is 393 g/mol. The van der Waals surface area contributed by atoms with E-state index >= 15 is 0 Å². The minimum absolute atomic E-state index is 0.242. The number of anilines is 1. The molecule has 0 atom stereocenters. The number of para-hydroxylation sites is 1. The van der Waals surface area contributed by atoms with Crippen LogP contribution in [0.3, 0.4) is 0 Å². The quantitative estimate of drug-likeness (QED) is 0.481. The van der Waals surface area contributed by atoms with Gasteiger partial charge in [-0.15, -0.1) is 0 Å². The number of rotatable bonds is 5. The summed E-state index contributed by atoms with van der Waals surface area (Å²) in [5.74, 6) is 0.279. The minimum atomic E-state index is -0.242. The maximum Gasteiger partial charge on any atom is 0.256 e. The summed E-state index contributed by atoms with van der Waals surface area (Å²) in [7, 11) is 0. The number of aromatic nitrogens is 3. The molecule has 1 amide bonds. The molecular weight excluding hydrogens is 372 g/mol. The van der Waals surface area contributed by atoms with Crippen molar-refractivity contribution in [3.63, 3.8) is 0 Å². The number of fused-ring (bicyclic) bond motifs is 2. The Morgan fingerprint density at radius 2 is 2.00 bits per heavy atom. The fourth-order valence-electron chi connectivity index (χ4n) is 3.30. The first-order chi connectivity index (χ1) is 13.6. The number of hydrogen-bond acceptors (Lipinski definition) is 3. The van der Waals surface area contributed by atoms with Gasteiger partial charge in [-0.05, 0) is 43.2 Å². The van der Waals surface area contributed by atoms with E-state index in [1.54, 1.807) is 24.3 Å². The Bertz CT molecular complexity index is 1180. The van der Waals surface area contributed by atoms with Crippen LogP contribution in [0, 0.1) is 6.92 Å². The molecule has 5 nitrogen and oxygen atoms in total. The maximum absolute atomic E-state index is 12.7. The van der Waals surface area contributed by atoms with Crippen molar-refractivity contribution < 1.29 is 4.79 Å². The Morgan fingerprint density at radius 1 is 1.18 bits per heavy atom. The lowest BCUT2D eigenvalue weighted by Gasteiger charge is -2.05. The Labute approximate surface area is 168 Å². The van der Waals surface area contributed by atoms with E-state index in [9.17, 15) is 4.79 Å². The van der Waals surface area contributed by atoms with Gasteiger partial charge in [-0.2, -0.15) is 5.10 Å². The number of unbranched alkanes of at least 4 members (excludes halogenated alkanes) is 1. The van der Waals surface area contributed by atoms with Crippen molar-refractivity contribution in [1.82, 2.24) is 14.8 Å². The van der Waals surface area contributed by atoms with Crippen LogP contribution in [0.15, 0.2) is 48.5 Å². The fraction of sp³-hybridized carbons (Fsp3) is 0.227. The summed E-state index contributed by atoms with van der Waals surface area (Å²) < 4.78 is 1.89. The number of hydrogen-bond donors (Lipinski definition) is 1. The third-order valence-corrected chi connectivity index (χ3v) is 5.03. The van der Waals surface area contributed by atoms with Gasteiger partial charge in [-0.25, -0.2) is 9.67 Å². The summed E-state index contributed by atoms with van der Waals surface area (Å²) in [6.07, 6.45) is 2.05. The molecule has 0 fully saturated rings. The van der Waals surface area contributed by atoms with E-state index in [1.807, 2.05) is 22.9 Å². The summed E-state index contributed by atoms with van der Waals surface area (Å²) in [5.41, 5.74) is 3.36. The van der Waals surface area contributed by atoms with Crippen molar-refractivity contribution in [1.29, 1.82) is 0 Å². The van der Waals surface area contributed by atoms with Crippen LogP contribution in [0.25, 0.3) is 21.9 Å². The molecule has 4 aromatic rings. The summed E-state index contributed by atoms with van der Waals surface area (Å²) in [4.78, 5) is 17.6. The molecule has 0 aliphatic rings. The van der Waals surface area contributed by atoms with E-state index < -0.39 is 0 Å². The highest BCUT2D eigenvalue weighted by Crippen LogP contribution is 2.28. The molecule has 0 radical (unpaired) electrons. The van der Waals surface area contributed by atoms with Gasteiger partial charge in [-0.1, -0.05) is 49.2 Å². The van der Waals surface area contributed by atoms with Crippen LogP contribution in [-0.4, -0.2) is 20.7 Å². The fourth-order valence-corrected chi connectivity index (χ4v) is 3.49. The van der Waals surface area contributed by atoms with E-state index in [0.29, 0.717) is 16.4 Å². The highest BCUT2D eigenvalue weighted by Gasteiger charge is 2.17. The molecular formula is C22H21ClN4O. The largest absolute Gasteiger partial charge is 0.305 e. The second-order valence-corrected chi connectivity index (χ2v) is 7.33. The van der Waals surface area contributed by atoms with E-state index in [2.05, 4.69) is 30.3 Å². The highest BCUT2D eigenvalue weighted by atomic mass is 35.5. The standard InChI is InChI=1S/C22H21ClN4O/c1-3-4-11-27-21-18(13-15-8-5-7-14(2)19(15)24-21)20(26-27)25-22(28)16-9-6-10-17(23)12-16/h5-10,12-13H,3-4,11H2,1-2H3,(H,25,26,28). The number of nitrogens with zero attached hydrogens (tertiary/aromatic N) is 3. The second kappa shape index (κ2) is 7.60. The van der Waals surface area contributed by atoms with Gasteiger partial charge in [0.2, 0.25) is 0 Å². The zero-order chi connectivity index (χ0) is 19.7. The summed E-state index contributed by atoms with van der Waals surface area (Å²) in [5, 5.41) is 9.98. The zero-order valence-corrected chi connectivity index (χ0v) is 16.6. The molecule has 0 unspecified atom stereocenters. The van der Waals surface area contributed by atoms with Crippen molar-refractivity contribution in [2.45, 2.75) is 33.2 Å².